The van der Waals surface area contributed by atoms with Gasteiger partial charge in [-0.3, -0.25) is 0 Å². The molecule has 0 saturated carbocycles. The van der Waals surface area contributed by atoms with Crippen LogP contribution in [0.15, 0.2) is 17.5 Å². The molecule has 0 spiro atoms. The number of aryl methyl sites for hydroxylation is 1. The highest BCUT2D eigenvalue weighted by molar-refractivity contribution is 7.09. The van der Waals surface area contributed by atoms with Crippen molar-refractivity contribution in [3.05, 3.63) is 22.4 Å². The Morgan fingerprint density at radius 2 is 2.15 bits per heavy atom. The van der Waals surface area contributed by atoms with E-state index < -0.39 is 5.60 Å². The Hall–Kier alpha value is -1.03. The number of amides is 1. The maximum absolute atomic E-state index is 11.7. The summed E-state index contributed by atoms with van der Waals surface area (Å²) in [6.45, 7) is 7.75. The molecule has 0 aromatic carbocycles. The minimum absolute atomic E-state index is 0.216. The summed E-state index contributed by atoms with van der Waals surface area (Å²) in [6, 6.07) is 4.49. The van der Waals surface area contributed by atoms with Gasteiger partial charge in [-0.15, -0.1) is 11.3 Å². The van der Waals surface area contributed by atoms with Crippen LogP contribution in [0, 0.1) is 0 Å². The van der Waals surface area contributed by atoms with Gasteiger partial charge in [0.2, 0.25) is 0 Å². The van der Waals surface area contributed by atoms with E-state index in [1.807, 2.05) is 32.1 Å². The van der Waals surface area contributed by atoms with Crippen LogP contribution < -0.4 is 5.32 Å². The maximum Gasteiger partial charge on any atom is 0.407 e. The fourth-order valence-electron chi connectivity index (χ4n) is 2.00. The fourth-order valence-corrected chi connectivity index (χ4v) is 2.75. The fraction of sp³-hybridized carbons (Fsp3) is 0.688. The Morgan fingerprint density at radius 3 is 2.70 bits per heavy atom. The number of ether oxygens (including phenoxy) is 1. The molecule has 0 aliphatic carbocycles. The van der Waals surface area contributed by atoms with Gasteiger partial charge in [-0.25, -0.2) is 4.79 Å². The number of alkyl carbamates (subject to hydrolysis) is 1. The first-order chi connectivity index (χ1) is 9.40. The average Bonchev–Trinajstić information content (AvgIpc) is 2.83. The molecule has 0 bridgehead atoms. The highest BCUT2D eigenvalue weighted by Gasteiger charge is 2.18. The number of unbranched alkanes of at least 4 members (excludes halogenated alkanes) is 1. The Balaban J connectivity index is 2.20. The molecule has 0 fully saturated rings. The largest absolute Gasteiger partial charge is 0.444 e. The normalized spacial score (nSPS) is 13.0. The zero-order chi connectivity index (χ0) is 15.0. The van der Waals surface area contributed by atoms with Gasteiger partial charge >= 0.3 is 6.09 Å². The maximum atomic E-state index is 11.7. The van der Waals surface area contributed by atoms with Crippen molar-refractivity contribution in [2.75, 3.05) is 0 Å². The third kappa shape index (κ3) is 7.53. The first-order valence-corrected chi connectivity index (χ1v) is 8.30. The molecule has 3 nitrogen and oxygen atoms in total. The molecule has 1 heterocycles. The van der Waals surface area contributed by atoms with Gasteiger partial charge in [0.25, 0.3) is 0 Å². The average molecular weight is 297 g/mol. The van der Waals surface area contributed by atoms with Crippen molar-refractivity contribution in [1.29, 1.82) is 0 Å². The molecule has 20 heavy (non-hydrogen) atoms. The van der Waals surface area contributed by atoms with E-state index in [1.54, 1.807) is 0 Å². The molecule has 1 atom stereocenters. The molecule has 4 heteroatoms. The highest BCUT2D eigenvalue weighted by Crippen LogP contribution is 2.14. The van der Waals surface area contributed by atoms with Crippen LogP contribution in [0.25, 0.3) is 0 Å². The number of thiophene rings is 1. The molecule has 1 aromatic rings. The van der Waals surface area contributed by atoms with Crippen molar-refractivity contribution in [2.45, 2.75) is 71.4 Å². The number of nitrogens with one attached hydrogen (secondary N) is 1. The molecule has 1 unspecified atom stereocenters. The van der Waals surface area contributed by atoms with Gasteiger partial charge in [-0.05, 0) is 57.9 Å². The lowest BCUT2D eigenvalue weighted by atomic mass is 10.1. The van der Waals surface area contributed by atoms with Crippen molar-refractivity contribution >= 4 is 17.4 Å². The summed E-state index contributed by atoms with van der Waals surface area (Å²) in [4.78, 5) is 13.2. The molecular weight excluding hydrogens is 270 g/mol. The molecule has 114 valence electrons. The van der Waals surface area contributed by atoms with E-state index in [0.717, 1.165) is 25.7 Å². The van der Waals surface area contributed by atoms with Gasteiger partial charge in [0.1, 0.15) is 5.60 Å². The Labute approximate surface area is 126 Å². The predicted octanol–water partition coefficient (Wildman–Crippen LogP) is 4.76. The highest BCUT2D eigenvalue weighted by atomic mass is 32.1. The van der Waals surface area contributed by atoms with Crippen LogP contribution in [0.1, 0.15) is 58.3 Å². The van der Waals surface area contributed by atoms with E-state index in [2.05, 4.69) is 29.8 Å². The van der Waals surface area contributed by atoms with Gasteiger partial charge in [0.05, 0.1) is 0 Å². The lowest BCUT2D eigenvalue weighted by Crippen LogP contribution is -2.38. The second kappa shape index (κ2) is 8.30. The second-order valence-corrected chi connectivity index (χ2v) is 7.11. The van der Waals surface area contributed by atoms with Crippen LogP contribution in [0.2, 0.25) is 0 Å². The van der Waals surface area contributed by atoms with Crippen LogP contribution in [-0.2, 0) is 11.2 Å². The number of carbonyl (C=O) groups is 1. The molecule has 0 aliphatic heterocycles. The summed E-state index contributed by atoms with van der Waals surface area (Å²) < 4.78 is 5.29. The zero-order valence-electron chi connectivity index (χ0n) is 13.1. The third-order valence-electron chi connectivity index (χ3n) is 3.02. The smallest absolute Gasteiger partial charge is 0.407 e. The van der Waals surface area contributed by atoms with Gasteiger partial charge in [0, 0.05) is 10.9 Å². The van der Waals surface area contributed by atoms with Gasteiger partial charge in [-0.2, -0.15) is 0 Å². The summed E-state index contributed by atoms with van der Waals surface area (Å²) in [7, 11) is 0. The summed E-state index contributed by atoms with van der Waals surface area (Å²) in [5.74, 6) is 0. The number of hydrogen-bond donors (Lipinski definition) is 1. The second-order valence-electron chi connectivity index (χ2n) is 6.08. The Kier molecular flexibility index (Phi) is 7.06. The number of rotatable bonds is 7. The molecule has 0 radical (unpaired) electrons. The molecule has 0 saturated heterocycles. The van der Waals surface area contributed by atoms with E-state index in [9.17, 15) is 4.79 Å². The van der Waals surface area contributed by atoms with Crippen LogP contribution in [-0.4, -0.2) is 17.7 Å². The topological polar surface area (TPSA) is 38.3 Å². The van der Waals surface area contributed by atoms with Gasteiger partial charge in [-0.1, -0.05) is 19.4 Å². The molecule has 1 amide bonds. The predicted molar refractivity (Wildman–Crippen MR) is 85.3 cm³/mol. The molecule has 1 rings (SSSR count). The molecule has 0 aliphatic rings. The van der Waals surface area contributed by atoms with E-state index in [-0.39, 0.29) is 12.1 Å². The van der Waals surface area contributed by atoms with Crippen molar-refractivity contribution in [3.8, 4) is 0 Å². The summed E-state index contributed by atoms with van der Waals surface area (Å²) in [6.07, 6.45) is 5.10. The Morgan fingerprint density at radius 1 is 1.40 bits per heavy atom. The quantitative estimate of drug-likeness (QED) is 0.737. The van der Waals surface area contributed by atoms with Crippen molar-refractivity contribution in [1.82, 2.24) is 5.32 Å². The number of carbonyl (C=O) groups excluding carboxylic acids is 1. The van der Waals surface area contributed by atoms with Gasteiger partial charge < -0.3 is 10.1 Å². The van der Waals surface area contributed by atoms with Crippen molar-refractivity contribution in [2.24, 2.45) is 0 Å². The summed E-state index contributed by atoms with van der Waals surface area (Å²) in [5.41, 5.74) is -0.429. The van der Waals surface area contributed by atoms with Crippen LogP contribution >= 0.6 is 11.3 Å². The van der Waals surface area contributed by atoms with E-state index in [1.165, 1.54) is 11.3 Å². The summed E-state index contributed by atoms with van der Waals surface area (Å²) >= 11 is 1.81. The minimum Gasteiger partial charge on any atom is -0.444 e. The van der Waals surface area contributed by atoms with Crippen molar-refractivity contribution in [3.63, 3.8) is 0 Å². The molecule has 1 aromatic heterocycles. The van der Waals surface area contributed by atoms with E-state index in [4.69, 9.17) is 4.74 Å². The van der Waals surface area contributed by atoms with Gasteiger partial charge in [0.15, 0.2) is 0 Å². The minimum atomic E-state index is -0.429. The lowest BCUT2D eigenvalue weighted by Gasteiger charge is -2.23. The van der Waals surface area contributed by atoms with Crippen LogP contribution in [0.5, 0.6) is 0 Å². The van der Waals surface area contributed by atoms with Crippen LogP contribution in [0.3, 0.4) is 0 Å². The van der Waals surface area contributed by atoms with E-state index >= 15 is 0 Å². The SMILES string of the molecule is CCC(CCCCc1cccs1)NC(=O)OC(C)(C)C. The first-order valence-electron chi connectivity index (χ1n) is 7.42. The standard InChI is InChI=1S/C16H27NO2S/c1-5-13(17-15(18)19-16(2,3)4)9-6-7-10-14-11-8-12-20-14/h8,11-13H,5-7,9-10H2,1-4H3,(H,17,18). The summed E-state index contributed by atoms with van der Waals surface area (Å²) in [5, 5.41) is 5.08. The monoisotopic (exact) mass is 297 g/mol. The lowest BCUT2D eigenvalue weighted by molar-refractivity contribution is 0.0500. The van der Waals surface area contributed by atoms with E-state index in [0.29, 0.717) is 0 Å². The zero-order valence-corrected chi connectivity index (χ0v) is 13.9. The third-order valence-corrected chi connectivity index (χ3v) is 3.96. The Bertz CT molecular complexity index is 382. The molecular formula is C16H27NO2S. The molecule has 1 N–H and O–H groups in total. The van der Waals surface area contributed by atoms with Crippen molar-refractivity contribution < 1.29 is 9.53 Å². The van der Waals surface area contributed by atoms with Crippen LogP contribution in [0.4, 0.5) is 4.79 Å². The number of hydrogen-bond acceptors (Lipinski definition) is 3. The first kappa shape index (κ1) is 17.0.